The summed E-state index contributed by atoms with van der Waals surface area (Å²) < 4.78 is 6.73. The zero-order valence-electron chi connectivity index (χ0n) is 32.0. The van der Waals surface area contributed by atoms with E-state index < -0.39 is 7.49 Å². The predicted molar refractivity (Wildman–Crippen MR) is 246 cm³/mol. The van der Waals surface area contributed by atoms with E-state index in [-0.39, 0.29) is 0 Å². The van der Waals surface area contributed by atoms with Crippen LogP contribution >= 0.6 is 7.49 Å². The Kier molecular flexibility index (Phi) is 8.22. The van der Waals surface area contributed by atoms with Gasteiger partial charge in [-0.3, -0.25) is 0 Å². The summed E-state index contributed by atoms with van der Waals surface area (Å²) in [5.41, 5.74) is 8.74. The number of furan rings is 1. The fourth-order valence-electron chi connectivity index (χ4n) is 9.10. The highest BCUT2D eigenvalue weighted by atomic mass is 31.2. The Balaban J connectivity index is 1.09. The van der Waals surface area contributed by atoms with E-state index in [1.807, 2.05) is 30.3 Å². The van der Waals surface area contributed by atoms with Crippen molar-refractivity contribution in [3.8, 4) is 33.5 Å². The number of pyridine rings is 1. The van der Waals surface area contributed by atoms with Crippen molar-refractivity contribution < 1.29 is 9.31 Å². The summed E-state index contributed by atoms with van der Waals surface area (Å²) in [5.74, 6) is 0.377. The van der Waals surface area contributed by atoms with Crippen LogP contribution in [0.25, 0.3) is 87.9 Å². The van der Waals surface area contributed by atoms with Crippen LogP contribution in [0.15, 0.2) is 204 Å². The molecule has 0 amide bonds. The number of fused-ring (bicyclic) bond motifs is 8. The molecule has 1 aliphatic rings. The van der Waals surface area contributed by atoms with Gasteiger partial charge in [-0.2, -0.15) is 0 Å². The average molecular weight is 765 g/mol. The molecule has 0 spiro atoms. The van der Waals surface area contributed by atoms with E-state index in [0.717, 1.165) is 88.7 Å². The number of aromatic nitrogens is 1. The van der Waals surface area contributed by atoms with Crippen LogP contribution in [0.1, 0.15) is 13.3 Å². The molecule has 1 aliphatic carbocycles. The first-order valence-electron chi connectivity index (χ1n) is 20.0. The normalized spacial score (nSPS) is 15.3. The summed E-state index contributed by atoms with van der Waals surface area (Å²) >= 11 is 0. The molecular formula is C54H39NO2P+. The van der Waals surface area contributed by atoms with Crippen molar-refractivity contribution in [3.63, 3.8) is 0 Å². The van der Waals surface area contributed by atoms with Gasteiger partial charge in [0.05, 0.1) is 5.52 Å². The van der Waals surface area contributed by atoms with Crippen LogP contribution < -0.4 is 10.6 Å². The van der Waals surface area contributed by atoms with E-state index in [2.05, 4.69) is 171 Å². The lowest BCUT2D eigenvalue weighted by atomic mass is 9.91. The molecule has 0 radical (unpaired) electrons. The number of hydrogen-bond acceptors (Lipinski definition) is 3. The molecule has 0 saturated carbocycles. The molecule has 0 aliphatic heterocycles. The van der Waals surface area contributed by atoms with E-state index in [1.165, 1.54) is 21.5 Å². The summed E-state index contributed by atoms with van der Waals surface area (Å²) in [7, 11) is -2.79. The highest BCUT2D eigenvalue weighted by Crippen LogP contribution is 2.62. The predicted octanol–water partition coefficient (Wildman–Crippen LogP) is 13.8. The fourth-order valence-corrected chi connectivity index (χ4v) is 12.1. The first kappa shape index (κ1) is 34.6. The molecule has 2 unspecified atom stereocenters. The second-order valence-corrected chi connectivity index (χ2v) is 18.4. The van der Waals surface area contributed by atoms with Gasteiger partial charge >= 0.3 is 0 Å². The Morgan fingerprint density at radius 3 is 2.07 bits per heavy atom. The molecule has 0 bridgehead atoms. The van der Waals surface area contributed by atoms with Crippen LogP contribution in [0.5, 0.6) is 0 Å². The van der Waals surface area contributed by atoms with Gasteiger partial charge < -0.3 is 4.42 Å². The molecule has 8 aromatic carbocycles. The molecule has 11 rings (SSSR count). The molecule has 0 fully saturated rings. The molecule has 276 valence electrons. The Morgan fingerprint density at radius 2 is 1.24 bits per heavy atom. The Labute approximate surface area is 337 Å². The Bertz CT molecular complexity index is 3290. The van der Waals surface area contributed by atoms with E-state index >= 15 is 0 Å². The van der Waals surface area contributed by atoms with Crippen molar-refractivity contribution in [2.24, 2.45) is 5.92 Å². The van der Waals surface area contributed by atoms with Crippen molar-refractivity contribution in [3.05, 3.63) is 199 Å². The van der Waals surface area contributed by atoms with E-state index in [1.54, 1.807) is 0 Å². The van der Waals surface area contributed by atoms with Gasteiger partial charge in [0.2, 0.25) is 7.49 Å². The maximum absolute atomic E-state index is 12.7. The maximum Gasteiger partial charge on any atom is 0.234 e. The van der Waals surface area contributed by atoms with Crippen LogP contribution in [0.2, 0.25) is 0 Å². The molecule has 2 heterocycles. The standard InChI is InChI=1S/C54H39NO2P/c1-35-14-11-20-42(32-35)58(56,40-18-3-2-4-19-40)41-30-28-36(29-31-41)37-16-12-17-39(33-37)52-54-51(47-24-9-10-27-50(47)57-54)48-26-13-25-46(53(48)55-52)49-34-38-15-5-6-21-43(38)44-22-7-8-23-45(44)49/h2-31,33-35,56H,32H2,1H3/q+1. The second-order valence-electron chi connectivity index (χ2n) is 15.5. The van der Waals surface area contributed by atoms with Crippen molar-refractivity contribution in [2.75, 3.05) is 0 Å². The molecule has 4 heteroatoms. The van der Waals surface area contributed by atoms with Crippen molar-refractivity contribution in [2.45, 2.75) is 13.3 Å². The first-order valence-corrected chi connectivity index (χ1v) is 21.7. The third-order valence-electron chi connectivity index (χ3n) is 11.9. The van der Waals surface area contributed by atoms with Crippen LogP contribution in [-0.2, 0) is 0 Å². The van der Waals surface area contributed by atoms with Crippen LogP contribution in [0.4, 0.5) is 0 Å². The summed E-state index contributed by atoms with van der Waals surface area (Å²) in [6.45, 7) is 2.21. The topological polar surface area (TPSA) is 46.3 Å². The molecular weight excluding hydrogens is 726 g/mol. The molecule has 2 aromatic heterocycles. The van der Waals surface area contributed by atoms with E-state index in [9.17, 15) is 4.89 Å². The Hall–Kier alpha value is -6.64. The number of para-hydroxylation sites is 2. The van der Waals surface area contributed by atoms with E-state index in [0.29, 0.717) is 5.92 Å². The average Bonchev–Trinajstić information content (AvgIpc) is 3.69. The molecule has 3 nitrogen and oxygen atoms in total. The third kappa shape index (κ3) is 5.54. The minimum Gasteiger partial charge on any atom is -0.454 e. The van der Waals surface area contributed by atoms with Gasteiger partial charge in [0.25, 0.3) is 0 Å². The van der Waals surface area contributed by atoms with Gasteiger partial charge in [-0.15, -0.1) is 0 Å². The highest BCUT2D eigenvalue weighted by molar-refractivity contribution is 7.88. The molecule has 1 N–H and O–H groups in total. The second kappa shape index (κ2) is 13.8. The molecule has 2 atom stereocenters. The summed E-state index contributed by atoms with van der Waals surface area (Å²) in [4.78, 5) is 18.3. The summed E-state index contributed by atoms with van der Waals surface area (Å²) in [6.07, 6.45) is 7.28. The minimum absolute atomic E-state index is 0.377. The van der Waals surface area contributed by atoms with Gasteiger partial charge in [-0.1, -0.05) is 153 Å². The largest absolute Gasteiger partial charge is 0.454 e. The monoisotopic (exact) mass is 764 g/mol. The minimum atomic E-state index is -2.79. The lowest BCUT2D eigenvalue weighted by Gasteiger charge is -2.25. The third-order valence-corrected chi connectivity index (χ3v) is 15.2. The van der Waals surface area contributed by atoms with Crippen LogP contribution in [-0.4, -0.2) is 9.88 Å². The number of hydrogen-bond donors (Lipinski definition) is 1. The van der Waals surface area contributed by atoms with Crippen LogP contribution in [0, 0.1) is 5.92 Å². The van der Waals surface area contributed by atoms with Crippen molar-refractivity contribution in [1.29, 1.82) is 0 Å². The van der Waals surface area contributed by atoms with Gasteiger partial charge in [0.15, 0.2) is 5.58 Å². The van der Waals surface area contributed by atoms with Gasteiger partial charge in [0, 0.05) is 33.7 Å². The van der Waals surface area contributed by atoms with Crippen molar-refractivity contribution in [1.82, 2.24) is 4.98 Å². The SMILES string of the molecule is CC1C=CC=C([P+](O)(c2ccccc2)c2ccc(-c3cccc(-c4nc5c(-c6cc7ccccc7c7ccccc67)cccc5c5c4oc4ccccc45)c3)cc2)C1. The quantitative estimate of drug-likeness (QED) is 0.135. The van der Waals surface area contributed by atoms with Crippen LogP contribution in [0.3, 0.4) is 0 Å². The number of rotatable bonds is 6. The van der Waals surface area contributed by atoms with Gasteiger partial charge in [-0.05, 0) is 92.7 Å². The highest BCUT2D eigenvalue weighted by Gasteiger charge is 2.46. The lowest BCUT2D eigenvalue weighted by molar-refractivity contribution is 0.619. The Morgan fingerprint density at radius 1 is 0.569 bits per heavy atom. The number of nitrogens with zero attached hydrogens (tertiary/aromatic N) is 1. The van der Waals surface area contributed by atoms with Gasteiger partial charge in [-0.25, -0.2) is 9.88 Å². The summed E-state index contributed by atoms with van der Waals surface area (Å²) in [5, 5.41) is 11.1. The lowest BCUT2D eigenvalue weighted by Crippen LogP contribution is -2.24. The zero-order chi connectivity index (χ0) is 38.8. The summed E-state index contributed by atoms with van der Waals surface area (Å²) in [6, 6.07) is 61.8. The first-order chi connectivity index (χ1) is 28.5. The van der Waals surface area contributed by atoms with Gasteiger partial charge in [0.1, 0.15) is 27.2 Å². The molecule has 58 heavy (non-hydrogen) atoms. The smallest absolute Gasteiger partial charge is 0.234 e. The van der Waals surface area contributed by atoms with E-state index in [4.69, 9.17) is 9.40 Å². The molecule has 10 aromatic rings. The molecule has 0 saturated heterocycles. The maximum atomic E-state index is 12.7. The number of benzene rings is 8. The van der Waals surface area contributed by atoms with Crippen molar-refractivity contribution >= 4 is 72.5 Å². The zero-order valence-corrected chi connectivity index (χ0v) is 32.9. The number of allylic oxidation sites excluding steroid dienone is 4. The fraction of sp³-hybridized carbons (Fsp3) is 0.0556.